The fraction of sp³-hybridized carbons (Fsp3) is 0.125. The zero-order valence-corrected chi connectivity index (χ0v) is 6.41. The lowest BCUT2D eigenvalue weighted by atomic mass is 10.4. The van der Waals surface area contributed by atoms with Crippen LogP contribution in [0.15, 0.2) is 36.4 Å². The van der Waals surface area contributed by atoms with Crippen molar-refractivity contribution in [2.75, 3.05) is 5.32 Å². The first-order valence-corrected chi connectivity index (χ1v) is 3.38. The lowest BCUT2D eigenvalue weighted by Gasteiger charge is -1.98. The lowest BCUT2D eigenvalue weighted by molar-refractivity contribution is 1.28. The van der Waals surface area contributed by atoms with Gasteiger partial charge in [-0.05, 0) is 19.1 Å². The van der Waals surface area contributed by atoms with Crippen molar-refractivity contribution in [3.8, 4) is 0 Å². The third-order valence-corrected chi connectivity index (χ3v) is 1.13. The van der Waals surface area contributed by atoms with Gasteiger partial charge in [0.05, 0.1) is 11.9 Å². The van der Waals surface area contributed by atoms with Crippen LogP contribution >= 0.6 is 0 Å². The summed E-state index contributed by atoms with van der Waals surface area (Å²) in [5.74, 6) is 0. The molecule has 3 N–H and O–H groups in total. The van der Waals surface area contributed by atoms with E-state index in [9.17, 15) is 0 Å². The number of nitrogens with two attached hydrogens (primary N) is 1. The summed E-state index contributed by atoms with van der Waals surface area (Å²) in [5, 5.41) is 2.99. The Morgan fingerprint density at radius 2 is 2.55 bits per heavy atom. The van der Waals surface area contributed by atoms with Crippen LogP contribution in [0.25, 0.3) is 0 Å². The summed E-state index contributed by atoms with van der Waals surface area (Å²) >= 11 is 0. The molecule has 0 radical (unpaired) electrons. The average Bonchev–Trinajstić information content (AvgIpc) is 2.03. The molecule has 1 heterocycles. The van der Waals surface area contributed by atoms with Gasteiger partial charge in [0, 0.05) is 18.1 Å². The molecule has 58 valence electrons. The average molecular weight is 149 g/mol. The molecule has 0 spiro atoms. The SMILES string of the molecule is C/C(N)=C/Nc1cccnc1. The number of aromatic nitrogens is 1. The van der Waals surface area contributed by atoms with Crippen molar-refractivity contribution in [3.63, 3.8) is 0 Å². The maximum Gasteiger partial charge on any atom is 0.0566 e. The molecule has 0 atom stereocenters. The summed E-state index contributed by atoms with van der Waals surface area (Å²) < 4.78 is 0. The van der Waals surface area contributed by atoms with E-state index in [0.717, 1.165) is 11.4 Å². The summed E-state index contributed by atoms with van der Waals surface area (Å²) in [7, 11) is 0. The predicted octanol–water partition coefficient (Wildman–Crippen LogP) is 1.31. The summed E-state index contributed by atoms with van der Waals surface area (Å²) in [6.07, 6.45) is 5.20. The molecule has 0 unspecified atom stereocenters. The maximum absolute atomic E-state index is 5.42. The Bertz CT molecular complexity index is 237. The van der Waals surface area contributed by atoms with Gasteiger partial charge < -0.3 is 11.1 Å². The molecule has 3 nitrogen and oxygen atoms in total. The molecule has 0 amide bonds. The monoisotopic (exact) mass is 149 g/mol. The number of pyridine rings is 1. The van der Waals surface area contributed by atoms with E-state index in [1.54, 1.807) is 18.6 Å². The highest BCUT2D eigenvalue weighted by atomic mass is 14.9. The molecule has 0 aliphatic carbocycles. The number of hydrogen-bond acceptors (Lipinski definition) is 3. The van der Waals surface area contributed by atoms with Gasteiger partial charge in [0.2, 0.25) is 0 Å². The van der Waals surface area contributed by atoms with Gasteiger partial charge in [-0.1, -0.05) is 0 Å². The van der Waals surface area contributed by atoms with Crippen LogP contribution in [-0.2, 0) is 0 Å². The molecule has 0 saturated heterocycles. The van der Waals surface area contributed by atoms with Crippen LogP contribution in [0.2, 0.25) is 0 Å². The molecule has 0 aliphatic heterocycles. The first-order valence-electron chi connectivity index (χ1n) is 3.38. The molecule has 1 rings (SSSR count). The molecular formula is C8H11N3. The molecule has 0 aliphatic rings. The number of hydrogen-bond donors (Lipinski definition) is 2. The Morgan fingerprint density at radius 1 is 1.73 bits per heavy atom. The van der Waals surface area contributed by atoms with E-state index < -0.39 is 0 Å². The molecular weight excluding hydrogens is 138 g/mol. The van der Waals surface area contributed by atoms with Gasteiger partial charge in [-0.25, -0.2) is 0 Å². The van der Waals surface area contributed by atoms with E-state index in [-0.39, 0.29) is 0 Å². The van der Waals surface area contributed by atoms with Crippen molar-refractivity contribution in [2.45, 2.75) is 6.92 Å². The first kappa shape index (κ1) is 7.60. The summed E-state index contributed by atoms with van der Waals surface area (Å²) in [6.45, 7) is 1.82. The second-order valence-corrected chi connectivity index (χ2v) is 2.27. The largest absolute Gasteiger partial charge is 0.401 e. The van der Waals surface area contributed by atoms with E-state index in [2.05, 4.69) is 10.3 Å². The number of nitrogens with zero attached hydrogens (tertiary/aromatic N) is 1. The summed E-state index contributed by atoms with van der Waals surface area (Å²) in [6, 6.07) is 3.79. The Balaban J connectivity index is 2.59. The fourth-order valence-electron chi connectivity index (χ4n) is 0.645. The first-order chi connectivity index (χ1) is 5.29. The lowest BCUT2D eigenvalue weighted by Crippen LogP contribution is -1.96. The van der Waals surface area contributed by atoms with Crippen LogP contribution in [-0.4, -0.2) is 4.98 Å². The highest BCUT2D eigenvalue weighted by molar-refractivity contribution is 5.42. The number of nitrogens with one attached hydrogen (secondary N) is 1. The minimum absolute atomic E-state index is 0.744. The van der Waals surface area contributed by atoms with Gasteiger partial charge in [0.1, 0.15) is 0 Å². The van der Waals surface area contributed by atoms with Crippen LogP contribution < -0.4 is 11.1 Å². The van der Waals surface area contributed by atoms with Crippen LogP contribution in [0.4, 0.5) is 5.69 Å². The molecule has 0 bridgehead atoms. The molecule has 0 saturated carbocycles. The highest BCUT2D eigenvalue weighted by Crippen LogP contribution is 2.01. The van der Waals surface area contributed by atoms with Crippen LogP contribution in [0.1, 0.15) is 6.92 Å². The van der Waals surface area contributed by atoms with Gasteiger partial charge >= 0.3 is 0 Å². The smallest absolute Gasteiger partial charge is 0.0566 e. The van der Waals surface area contributed by atoms with Gasteiger partial charge in [-0.2, -0.15) is 0 Å². The second kappa shape index (κ2) is 3.61. The normalized spacial score (nSPS) is 11.2. The topological polar surface area (TPSA) is 50.9 Å². The van der Waals surface area contributed by atoms with Crippen molar-refractivity contribution in [2.24, 2.45) is 5.73 Å². The third-order valence-electron chi connectivity index (χ3n) is 1.13. The molecule has 0 aromatic carbocycles. The molecule has 0 fully saturated rings. The predicted molar refractivity (Wildman–Crippen MR) is 45.8 cm³/mol. The molecule has 1 aromatic heterocycles. The Morgan fingerprint density at radius 3 is 3.09 bits per heavy atom. The minimum atomic E-state index is 0.744. The van der Waals surface area contributed by atoms with Crippen molar-refractivity contribution in [1.82, 2.24) is 4.98 Å². The number of allylic oxidation sites excluding steroid dienone is 1. The van der Waals surface area contributed by atoms with Gasteiger partial charge in [0.25, 0.3) is 0 Å². The third kappa shape index (κ3) is 2.71. The number of rotatable bonds is 2. The number of anilines is 1. The quantitative estimate of drug-likeness (QED) is 0.666. The highest BCUT2D eigenvalue weighted by Gasteiger charge is 1.84. The summed E-state index contributed by atoms with van der Waals surface area (Å²) in [5.41, 5.74) is 7.10. The fourth-order valence-corrected chi connectivity index (χ4v) is 0.645. The van der Waals surface area contributed by atoms with Crippen molar-refractivity contribution >= 4 is 5.69 Å². The molecule has 11 heavy (non-hydrogen) atoms. The second-order valence-electron chi connectivity index (χ2n) is 2.27. The standard InChI is InChI=1S/C8H11N3/c1-7(9)5-11-8-3-2-4-10-6-8/h2-6,11H,9H2,1H3/b7-5-. The van der Waals surface area contributed by atoms with Crippen molar-refractivity contribution < 1.29 is 0 Å². The zero-order valence-electron chi connectivity index (χ0n) is 6.41. The molecule has 1 aromatic rings. The Hall–Kier alpha value is -1.51. The van der Waals surface area contributed by atoms with Gasteiger partial charge in [-0.3, -0.25) is 4.98 Å². The van der Waals surface area contributed by atoms with E-state index in [0.29, 0.717) is 0 Å². The van der Waals surface area contributed by atoms with E-state index in [1.165, 1.54) is 0 Å². The van der Waals surface area contributed by atoms with E-state index in [4.69, 9.17) is 5.73 Å². The van der Waals surface area contributed by atoms with Crippen molar-refractivity contribution in [3.05, 3.63) is 36.4 Å². The van der Waals surface area contributed by atoms with Crippen LogP contribution in [0, 0.1) is 0 Å². The Labute approximate surface area is 65.9 Å². The van der Waals surface area contributed by atoms with Crippen LogP contribution in [0.5, 0.6) is 0 Å². The van der Waals surface area contributed by atoms with Gasteiger partial charge in [-0.15, -0.1) is 0 Å². The maximum atomic E-state index is 5.42. The van der Waals surface area contributed by atoms with Crippen molar-refractivity contribution in [1.29, 1.82) is 0 Å². The minimum Gasteiger partial charge on any atom is -0.401 e. The molecule has 3 heteroatoms. The zero-order chi connectivity index (χ0) is 8.10. The Kier molecular flexibility index (Phi) is 2.49. The van der Waals surface area contributed by atoms with E-state index in [1.807, 2.05) is 19.1 Å². The summed E-state index contributed by atoms with van der Waals surface area (Å²) in [4.78, 5) is 3.93. The van der Waals surface area contributed by atoms with Gasteiger partial charge in [0.15, 0.2) is 0 Å². The van der Waals surface area contributed by atoms with E-state index >= 15 is 0 Å². The van der Waals surface area contributed by atoms with Crippen LogP contribution in [0.3, 0.4) is 0 Å².